The Balaban J connectivity index is 2.18. The quantitative estimate of drug-likeness (QED) is 0.725. The number of sulfonamides is 1. The summed E-state index contributed by atoms with van der Waals surface area (Å²) in [6.07, 6.45) is 0. The maximum absolute atomic E-state index is 12.3. The normalized spacial score (nSPS) is 11.3. The summed E-state index contributed by atoms with van der Waals surface area (Å²) in [6, 6.07) is 8.98. The third-order valence-electron chi connectivity index (χ3n) is 3.50. The molecule has 1 N–H and O–H groups in total. The fourth-order valence-corrected chi connectivity index (χ4v) is 3.36. The summed E-state index contributed by atoms with van der Waals surface area (Å²) >= 11 is 11.9. The molecule has 0 saturated heterocycles. The van der Waals surface area contributed by atoms with E-state index >= 15 is 0 Å². The number of carbonyl (C=O) groups is 1. The fourth-order valence-electron chi connectivity index (χ4n) is 2.08. The van der Waals surface area contributed by atoms with Gasteiger partial charge in [-0.2, -0.15) is 0 Å². The van der Waals surface area contributed by atoms with Crippen LogP contribution in [-0.4, -0.2) is 46.4 Å². The highest BCUT2D eigenvalue weighted by atomic mass is 35.5. The van der Waals surface area contributed by atoms with E-state index in [0.29, 0.717) is 10.8 Å². The van der Waals surface area contributed by atoms with Crippen LogP contribution in [0.3, 0.4) is 0 Å². The number of hydrogen-bond donors (Lipinski definition) is 1. The largest absolute Gasteiger partial charge is 0.495 e. The minimum absolute atomic E-state index is 0.0161. The van der Waals surface area contributed by atoms with Gasteiger partial charge in [-0.1, -0.05) is 29.3 Å². The summed E-state index contributed by atoms with van der Waals surface area (Å²) in [5.41, 5.74) is 0.200. The van der Waals surface area contributed by atoms with Crippen LogP contribution in [0.2, 0.25) is 10.0 Å². The van der Waals surface area contributed by atoms with E-state index in [4.69, 9.17) is 32.7 Å². The van der Waals surface area contributed by atoms with Gasteiger partial charge < -0.3 is 14.8 Å². The van der Waals surface area contributed by atoms with Gasteiger partial charge in [0.05, 0.1) is 22.7 Å². The average Bonchev–Trinajstić information content (AvgIpc) is 2.62. The van der Waals surface area contributed by atoms with E-state index in [2.05, 4.69) is 5.32 Å². The monoisotopic (exact) mass is 432 g/mol. The average molecular weight is 433 g/mol. The van der Waals surface area contributed by atoms with Crippen molar-refractivity contribution in [3.8, 4) is 11.5 Å². The molecule has 0 fully saturated rings. The number of methoxy groups -OCH3 is 1. The number of anilines is 1. The lowest BCUT2D eigenvalue weighted by atomic mass is 10.3. The summed E-state index contributed by atoms with van der Waals surface area (Å²) < 4.78 is 36.1. The highest BCUT2D eigenvalue weighted by molar-refractivity contribution is 7.89. The van der Waals surface area contributed by atoms with Crippen LogP contribution in [0.15, 0.2) is 41.3 Å². The van der Waals surface area contributed by atoms with Crippen molar-refractivity contribution in [2.75, 3.05) is 33.1 Å². The summed E-state index contributed by atoms with van der Waals surface area (Å²) in [4.78, 5) is 12.2. The number of nitrogens with one attached hydrogen (secondary N) is 1. The molecule has 1 amide bonds. The third-order valence-corrected chi connectivity index (χ3v) is 6.11. The van der Waals surface area contributed by atoms with Gasteiger partial charge in [0.25, 0.3) is 5.91 Å². The Hall–Kier alpha value is -2.00. The highest BCUT2D eigenvalue weighted by Crippen LogP contribution is 2.32. The van der Waals surface area contributed by atoms with E-state index in [1.807, 2.05) is 0 Å². The first kappa shape index (κ1) is 21.3. The lowest BCUT2D eigenvalue weighted by Gasteiger charge is -2.15. The van der Waals surface area contributed by atoms with Crippen LogP contribution >= 0.6 is 23.2 Å². The van der Waals surface area contributed by atoms with Crippen molar-refractivity contribution in [3.63, 3.8) is 0 Å². The Labute approximate surface area is 167 Å². The molecule has 0 aliphatic carbocycles. The number of carbonyl (C=O) groups excluding carboxylic acids is 1. The zero-order chi connectivity index (χ0) is 20.2. The number of halogens is 2. The molecule has 146 valence electrons. The van der Waals surface area contributed by atoms with Crippen LogP contribution in [0.5, 0.6) is 11.5 Å². The van der Waals surface area contributed by atoms with Gasteiger partial charge >= 0.3 is 0 Å². The van der Waals surface area contributed by atoms with Crippen molar-refractivity contribution in [3.05, 3.63) is 46.4 Å². The Morgan fingerprint density at radius 1 is 1.15 bits per heavy atom. The summed E-state index contributed by atoms with van der Waals surface area (Å²) in [5, 5.41) is 3.07. The van der Waals surface area contributed by atoms with E-state index < -0.39 is 15.9 Å². The smallest absolute Gasteiger partial charge is 0.262 e. The van der Waals surface area contributed by atoms with E-state index in [9.17, 15) is 13.2 Å². The first-order valence-corrected chi connectivity index (χ1v) is 9.83. The number of ether oxygens (including phenoxy) is 2. The van der Waals surface area contributed by atoms with Crippen molar-refractivity contribution in [1.29, 1.82) is 0 Å². The van der Waals surface area contributed by atoms with Gasteiger partial charge in [0, 0.05) is 14.1 Å². The van der Waals surface area contributed by atoms with Crippen LogP contribution in [-0.2, 0) is 14.8 Å². The SMILES string of the molecule is COc1ccc(S(=O)(=O)N(C)C)cc1NC(=O)COc1cccc(Cl)c1Cl. The molecule has 0 radical (unpaired) electrons. The van der Waals surface area contributed by atoms with Crippen LogP contribution in [0.4, 0.5) is 5.69 Å². The van der Waals surface area contributed by atoms with Gasteiger partial charge in [-0.05, 0) is 30.3 Å². The molecule has 2 aromatic carbocycles. The standard InChI is InChI=1S/C17H18Cl2N2O5S/c1-21(2)27(23,24)11-7-8-14(25-3)13(9-11)20-16(22)10-26-15-6-4-5-12(18)17(15)19/h4-9H,10H2,1-3H3,(H,20,22). The Morgan fingerprint density at radius 2 is 1.85 bits per heavy atom. The van der Waals surface area contributed by atoms with Crippen molar-refractivity contribution >= 4 is 44.8 Å². The molecule has 0 unspecified atom stereocenters. The topological polar surface area (TPSA) is 84.9 Å². The third kappa shape index (κ3) is 5.04. The molecule has 0 spiro atoms. The van der Waals surface area contributed by atoms with Gasteiger partial charge in [-0.3, -0.25) is 4.79 Å². The molecule has 0 aromatic heterocycles. The van der Waals surface area contributed by atoms with Crippen molar-refractivity contribution < 1.29 is 22.7 Å². The summed E-state index contributed by atoms with van der Waals surface area (Å²) in [6.45, 7) is -0.353. The van der Waals surface area contributed by atoms with Gasteiger partial charge in [0.1, 0.15) is 16.5 Å². The molecule has 2 rings (SSSR count). The molecule has 10 heteroatoms. The molecule has 0 atom stereocenters. The second kappa shape index (κ2) is 8.79. The number of nitrogens with zero attached hydrogens (tertiary/aromatic N) is 1. The predicted molar refractivity (Wildman–Crippen MR) is 104 cm³/mol. The minimum atomic E-state index is -3.66. The maximum atomic E-state index is 12.3. The van der Waals surface area contributed by atoms with E-state index in [1.165, 1.54) is 39.4 Å². The second-order valence-corrected chi connectivity index (χ2v) is 8.48. The van der Waals surface area contributed by atoms with Gasteiger partial charge in [0.15, 0.2) is 6.61 Å². The zero-order valence-corrected chi connectivity index (χ0v) is 17.2. The number of benzene rings is 2. The van der Waals surface area contributed by atoms with Crippen molar-refractivity contribution in [2.24, 2.45) is 0 Å². The molecule has 0 heterocycles. The van der Waals surface area contributed by atoms with E-state index in [1.54, 1.807) is 18.2 Å². The lowest BCUT2D eigenvalue weighted by Crippen LogP contribution is -2.23. The molecule has 7 nitrogen and oxygen atoms in total. The highest BCUT2D eigenvalue weighted by Gasteiger charge is 2.20. The molecule has 2 aromatic rings. The molecule has 0 saturated carbocycles. The number of amides is 1. The number of hydrogen-bond acceptors (Lipinski definition) is 5. The molecule has 0 aliphatic rings. The van der Waals surface area contributed by atoms with Crippen LogP contribution in [0.25, 0.3) is 0 Å². The van der Waals surface area contributed by atoms with Gasteiger partial charge in [-0.25, -0.2) is 12.7 Å². The Bertz CT molecular complexity index is 948. The van der Waals surface area contributed by atoms with Crippen molar-refractivity contribution in [2.45, 2.75) is 4.90 Å². The first-order chi connectivity index (χ1) is 12.7. The van der Waals surface area contributed by atoms with E-state index in [-0.39, 0.29) is 28.0 Å². The van der Waals surface area contributed by atoms with Gasteiger partial charge in [0.2, 0.25) is 10.0 Å². The Morgan fingerprint density at radius 3 is 2.48 bits per heavy atom. The maximum Gasteiger partial charge on any atom is 0.262 e. The number of rotatable bonds is 7. The lowest BCUT2D eigenvalue weighted by molar-refractivity contribution is -0.118. The van der Waals surface area contributed by atoms with Gasteiger partial charge in [-0.15, -0.1) is 0 Å². The molecule has 0 aliphatic heterocycles. The summed E-state index contributed by atoms with van der Waals surface area (Å²) in [5.74, 6) is 0.0424. The molecule has 27 heavy (non-hydrogen) atoms. The fraction of sp³-hybridized carbons (Fsp3) is 0.235. The second-order valence-electron chi connectivity index (χ2n) is 5.54. The van der Waals surface area contributed by atoms with Crippen LogP contribution < -0.4 is 14.8 Å². The molecular formula is C17H18Cl2N2O5S. The predicted octanol–water partition coefficient (Wildman–Crippen LogP) is 3.27. The molecule has 0 bridgehead atoms. The minimum Gasteiger partial charge on any atom is -0.495 e. The van der Waals surface area contributed by atoms with Crippen molar-refractivity contribution in [1.82, 2.24) is 4.31 Å². The first-order valence-electron chi connectivity index (χ1n) is 7.64. The summed E-state index contributed by atoms with van der Waals surface area (Å²) in [7, 11) is 0.581. The molecular weight excluding hydrogens is 415 g/mol. The van der Waals surface area contributed by atoms with E-state index in [0.717, 1.165) is 4.31 Å². The van der Waals surface area contributed by atoms with Crippen LogP contribution in [0, 0.1) is 0 Å². The zero-order valence-electron chi connectivity index (χ0n) is 14.8. The Kier molecular flexibility index (Phi) is 6.94. The van der Waals surface area contributed by atoms with Crippen LogP contribution in [0.1, 0.15) is 0 Å².